The summed E-state index contributed by atoms with van der Waals surface area (Å²) in [6, 6.07) is 9.11. The van der Waals surface area contributed by atoms with Crippen molar-refractivity contribution in [2.75, 3.05) is 18.5 Å². The summed E-state index contributed by atoms with van der Waals surface area (Å²) in [6.07, 6.45) is 0. The van der Waals surface area contributed by atoms with Crippen LogP contribution in [0, 0.1) is 5.82 Å². The molecule has 0 bridgehead atoms. The van der Waals surface area contributed by atoms with Crippen LogP contribution in [0.4, 0.5) is 10.1 Å². The van der Waals surface area contributed by atoms with Gasteiger partial charge in [-0.25, -0.2) is 4.39 Å². The molecule has 3 rings (SSSR count). The van der Waals surface area contributed by atoms with E-state index in [0.29, 0.717) is 36.0 Å². The van der Waals surface area contributed by atoms with Crippen molar-refractivity contribution in [3.8, 4) is 11.5 Å². The van der Waals surface area contributed by atoms with Crippen LogP contribution in [0.2, 0.25) is 5.02 Å². The summed E-state index contributed by atoms with van der Waals surface area (Å²) in [4.78, 5) is 12.3. The van der Waals surface area contributed by atoms with Crippen LogP contribution in [0.15, 0.2) is 36.4 Å². The average molecular weight is 308 g/mol. The van der Waals surface area contributed by atoms with E-state index < -0.39 is 11.7 Å². The van der Waals surface area contributed by atoms with Gasteiger partial charge >= 0.3 is 0 Å². The standard InChI is InChI=1S/C15H11ClFNO3/c16-11-5-4-9(8-12(11)17)18-15(19)10-2-1-3-13-14(10)21-7-6-20-13/h1-5,8H,6-7H2,(H,18,19). The van der Waals surface area contributed by atoms with E-state index in [1.165, 1.54) is 12.1 Å². The van der Waals surface area contributed by atoms with Gasteiger partial charge in [-0.1, -0.05) is 17.7 Å². The summed E-state index contributed by atoms with van der Waals surface area (Å²) in [5.41, 5.74) is 0.652. The van der Waals surface area contributed by atoms with Gasteiger partial charge in [0.2, 0.25) is 0 Å². The highest BCUT2D eigenvalue weighted by Crippen LogP contribution is 2.34. The molecule has 0 atom stereocenters. The summed E-state index contributed by atoms with van der Waals surface area (Å²) >= 11 is 5.60. The predicted molar refractivity (Wildman–Crippen MR) is 76.8 cm³/mol. The summed E-state index contributed by atoms with van der Waals surface area (Å²) < 4.78 is 24.3. The molecule has 1 aliphatic rings. The van der Waals surface area contributed by atoms with Crippen molar-refractivity contribution in [3.05, 3.63) is 52.8 Å². The first-order chi connectivity index (χ1) is 10.1. The van der Waals surface area contributed by atoms with Crippen LogP contribution in [0.3, 0.4) is 0 Å². The Labute approximate surface area is 125 Å². The van der Waals surface area contributed by atoms with Crippen LogP contribution < -0.4 is 14.8 Å². The fraction of sp³-hybridized carbons (Fsp3) is 0.133. The molecular weight excluding hydrogens is 297 g/mol. The van der Waals surface area contributed by atoms with E-state index in [-0.39, 0.29) is 5.02 Å². The highest BCUT2D eigenvalue weighted by Gasteiger charge is 2.20. The minimum absolute atomic E-state index is 0.00169. The lowest BCUT2D eigenvalue weighted by Crippen LogP contribution is -2.20. The van der Waals surface area contributed by atoms with Crippen molar-refractivity contribution < 1.29 is 18.7 Å². The van der Waals surface area contributed by atoms with E-state index in [0.717, 1.165) is 6.07 Å². The molecule has 0 radical (unpaired) electrons. The van der Waals surface area contributed by atoms with Gasteiger partial charge in [-0.15, -0.1) is 0 Å². The number of benzene rings is 2. The van der Waals surface area contributed by atoms with E-state index in [2.05, 4.69) is 5.32 Å². The first-order valence-corrected chi connectivity index (χ1v) is 6.68. The SMILES string of the molecule is O=C(Nc1ccc(Cl)c(F)c1)c1cccc2c1OCCO2. The normalized spacial score (nSPS) is 12.9. The Bertz CT molecular complexity index is 705. The van der Waals surface area contributed by atoms with Gasteiger partial charge in [0.1, 0.15) is 19.0 Å². The Hall–Kier alpha value is -2.27. The summed E-state index contributed by atoms with van der Waals surface area (Å²) in [5.74, 6) is -0.0740. The number of anilines is 1. The maximum Gasteiger partial charge on any atom is 0.259 e. The lowest BCUT2D eigenvalue weighted by atomic mass is 10.1. The molecule has 0 saturated heterocycles. The number of rotatable bonds is 2. The second kappa shape index (κ2) is 5.61. The van der Waals surface area contributed by atoms with Crippen molar-refractivity contribution in [1.29, 1.82) is 0 Å². The molecule has 1 N–H and O–H groups in total. The van der Waals surface area contributed by atoms with Crippen molar-refractivity contribution in [1.82, 2.24) is 0 Å². The molecule has 6 heteroatoms. The Kier molecular flexibility index (Phi) is 3.66. The molecule has 0 aromatic heterocycles. The molecule has 2 aromatic carbocycles. The smallest absolute Gasteiger partial charge is 0.259 e. The molecule has 1 amide bonds. The molecule has 0 saturated carbocycles. The van der Waals surface area contributed by atoms with E-state index in [1.807, 2.05) is 0 Å². The minimum atomic E-state index is -0.593. The van der Waals surface area contributed by atoms with Gasteiger partial charge in [0, 0.05) is 5.69 Å². The van der Waals surface area contributed by atoms with E-state index in [1.54, 1.807) is 18.2 Å². The van der Waals surface area contributed by atoms with E-state index in [4.69, 9.17) is 21.1 Å². The van der Waals surface area contributed by atoms with Gasteiger partial charge in [-0.05, 0) is 30.3 Å². The summed E-state index contributed by atoms with van der Waals surface area (Å²) in [7, 11) is 0. The zero-order chi connectivity index (χ0) is 14.8. The van der Waals surface area contributed by atoms with Crippen molar-refractivity contribution >= 4 is 23.2 Å². The summed E-state index contributed by atoms with van der Waals surface area (Å²) in [6.45, 7) is 0.827. The first-order valence-electron chi connectivity index (χ1n) is 6.30. The van der Waals surface area contributed by atoms with Gasteiger partial charge in [0.25, 0.3) is 5.91 Å². The lowest BCUT2D eigenvalue weighted by Gasteiger charge is -2.20. The largest absolute Gasteiger partial charge is 0.486 e. The molecular formula is C15H11ClFNO3. The molecule has 0 fully saturated rings. The van der Waals surface area contributed by atoms with Crippen LogP contribution in [0.25, 0.3) is 0 Å². The third-order valence-corrected chi connectivity index (χ3v) is 3.29. The zero-order valence-corrected chi connectivity index (χ0v) is 11.6. The quantitative estimate of drug-likeness (QED) is 0.923. The molecule has 21 heavy (non-hydrogen) atoms. The molecule has 108 valence electrons. The topological polar surface area (TPSA) is 47.6 Å². The van der Waals surface area contributed by atoms with Crippen LogP contribution in [0.5, 0.6) is 11.5 Å². The van der Waals surface area contributed by atoms with Gasteiger partial charge in [0.05, 0.1) is 10.6 Å². The second-order valence-electron chi connectivity index (χ2n) is 4.41. The number of fused-ring (bicyclic) bond motifs is 1. The highest BCUT2D eigenvalue weighted by molar-refractivity contribution is 6.30. The maximum atomic E-state index is 13.4. The molecule has 1 heterocycles. The number of halogens is 2. The fourth-order valence-corrected chi connectivity index (χ4v) is 2.14. The molecule has 4 nitrogen and oxygen atoms in total. The third kappa shape index (κ3) is 2.78. The Balaban J connectivity index is 1.87. The second-order valence-corrected chi connectivity index (χ2v) is 4.82. The molecule has 0 aliphatic carbocycles. The van der Waals surface area contributed by atoms with Gasteiger partial charge in [-0.2, -0.15) is 0 Å². The summed E-state index contributed by atoms with van der Waals surface area (Å²) in [5, 5.41) is 2.60. The zero-order valence-electron chi connectivity index (χ0n) is 10.9. The molecule has 0 spiro atoms. The number of nitrogens with one attached hydrogen (secondary N) is 1. The van der Waals surface area contributed by atoms with Crippen molar-refractivity contribution in [3.63, 3.8) is 0 Å². The molecule has 2 aromatic rings. The van der Waals surface area contributed by atoms with Gasteiger partial charge in [-0.3, -0.25) is 4.79 Å². The highest BCUT2D eigenvalue weighted by atomic mass is 35.5. The Morgan fingerprint density at radius 1 is 1.19 bits per heavy atom. The van der Waals surface area contributed by atoms with Gasteiger partial charge < -0.3 is 14.8 Å². The van der Waals surface area contributed by atoms with Crippen LogP contribution in [-0.4, -0.2) is 19.1 Å². The number of hydrogen-bond donors (Lipinski definition) is 1. The Morgan fingerprint density at radius 3 is 2.81 bits per heavy atom. The lowest BCUT2D eigenvalue weighted by molar-refractivity contribution is 0.101. The number of para-hydroxylation sites is 1. The number of hydrogen-bond acceptors (Lipinski definition) is 3. The van der Waals surface area contributed by atoms with Crippen LogP contribution >= 0.6 is 11.6 Å². The van der Waals surface area contributed by atoms with Crippen molar-refractivity contribution in [2.24, 2.45) is 0 Å². The number of carbonyl (C=O) groups is 1. The Morgan fingerprint density at radius 2 is 2.00 bits per heavy atom. The number of carbonyl (C=O) groups excluding carboxylic acids is 1. The number of ether oxygens (including phenoxy) is 2. The predicted octanol–water partition coefficient (Wildman–Crippen LogP) is 3.50. The van der Waals surface area contributed by atoms with Gasteiger partial charge in [0.15, 0.2) is 11.5 Å². The van der Waals surface area contributed by atoms with Crippen LogP contribution in [0.1, 0.15) is 10.4 Å². The molecule has 1 aliphatic heterocycles. The minimum Gasteiger partial charge on any atom is -0.486 e. The average Bonchev–Trinajstić information content (AvgIpc) is 2.50. The molecule has 0 unspecified atom stereocenters. The third-order valence-electron chi connectivity index (χ3n) is 2.99. The number of amides is 1. The van der Waals surface area contributed by atoms with Crippen molar-refractivity contribution in [2.45, 2.75) is 0 Å². The van der Waals surface area contributed by atoms with Crippen LogP contribution in [-0.2, 0) is 0 Å². The maximum absolute atomic E-state index is 13.4. The fourth-order valence-electron chi connectivity index (χ4n) is 2.02. The van der Waals surface area contributed by atoms with E-state index >= 15 is 0 Å². The first kappa shape index (κ1) is 13.7. The van der Waals surface area contributed by atoms with E-state index in [9.17, 15) is 9.18 Å². The monoisotopic (exact) mass is 307 g/mol.